The minimum absolute atomic E-state index is 0. The summed E-state index contributed by atoms with van der Waals surface area (Å²) in [6.45, 7) is 20.7. The van der Waals surface area contributed by atoms with Gasteiger partial charge in [-0.1, -0.05) is 201 Å². The van der Waals surface area contributed by atoms with Crippen LogP contribution in [0, 0.1) is 6.07 Å². The van der Waals surface area contributed by atoms with Gasteiger partial charge in [0.2, 0.25) is 0 Å². The first kappa shape index (κ1) is 44.5. The van der Waals surface area contributed by atoms with Gasteiger partial charge in [-0.15, -0.1) is 23.8 Å². The Morgan fingerprint density at radius 1 is 0.552 bits per heavy atom. The molecule has 5 heteroatoms. The Bertz CT molecular complexity index is 3310. The van der Waals surface area contributed by atoms with Crippen LogP contribution in [0.4, 0.5) is 0 Å². The fourth-order valence-electron chi connectivity index (χ4n) is 8.80. The monoisotopic (exact) mass is 1060 g/mol. The van der Waals surface area contributed by atoms with Crippen molar-refractivity contribution in [3.63, 3.8) is 0 Å². The van der Waals surface area contributed by atoms with E-state index in [-0.39, 0.29) is 37.6 Å². The summed E-state index contributed by atoms with van der Waals surface area (Å²) in [5.74, 6) is -0.793. The van der Waals surface area contributed by atoms with Crippen LogP contribution in [0.15, 0.2) is 164 Å². The molecule has 0 aliphatic heterocycles. The second-order valence-electron chi connectivity index (χ2n) is 20.1. The van der Waals surface area contributed by atoms with Gasteiger partial charge in [-0.05, 0) is 97.5 Å². The van der Waals surface area contributed by atoms with Gasteiger partial charge in [-0.3, -0.25) is 9.55 Å². The molecule has 0 atom stereocenters. The Hall–Kier alpha value is -6.35. The van der Waals surface area contributed by atoms with Crippen LogP contribution < -0.4 is 0 Å². The third kappa shape index (κ3) is 9.61. The van der Waals surface area contributed by atoms with E-state index in [1.807, 2.05) is 76.4 Å². The van der Waals surface area contributed by atoms with E-state index in [9.17, 15) is 6.48 Å². The molecule has 0 bridgehead atoms. The zero-order valence-electron chi connectivity index (χ0n) is 42.2. The van der Waals surface area contributed by atoms with Crippen LogP contribution in [0.3, 0.4) is 0 Å². The van der Waals surface area contributed by atoms with Crippen LogP contribution in [0.25, 0.3) is 83.9 Å². The molecule has 0 unspecified atom stereocenters. The van der Waals surface area contributed by atoms with Crippen LogP contribution in [-0.4, -0.2) is 19.6 Å². The number of benzene rings is 7. The molecular weight excluding hydrogens is 998 g/mol. The molecule has 0 aliphatic carbocycles. The van der Waals surface area contributed by atoms with Crippen LogP contribution in [0.2, 0.25) is 0 Å². The van der Waals surface area contributed by atoms with Gasteiger partial charge < -0.3 is 5.11 Å². The summed E-state index contributed by atoms with van der Waals surface area (Å²) in [6.07, 6.45) is 1.85. The van der Waals surface area contributed by atoms with Crippen LogP contribution in [0.5, 0.6) is 5.75 Å². The van der Waals surface area contributed by atoms with Gasteiger partial charge in [0.05, 0.1) is 16.6 Å². The van der Waals surface area contributed by atoms with Gasteiger partial charge in [0.1, 0.15) is 11.6 Å². The number of fused-ring (bicyclic) bond motifs is 1. The van der Waals surface area contributed by atoms with Crippen molar-refractivity contribution in [2.75, 3.05) is 0 Å². The average Bonchev–Trinajstić information content (AvgIpc) is 3.70. The van der Waals surface area contributed by atoms with E-state index < -0.39 is 11.8 Å². The third-order valence-electron chi connectivity index (χ3n) is 12.7. The summed E-state index contributed by atoms with van der Waals surface area (Å²) in [5.41, 5.74) is 15.8. The van der Waals surface area contributed by atoms with E-state index in [0.29, 0.717) is 11.4 Å². The standard InChI is InChI=1S/C62H60N3O.Pt/c1-39(2)41-24-26-44(27-25-41)45-28-29-63-56(36-45)50-32-47(42-18-13-11-14-19-42)31-49(33-50)53-22-17-23-57-58(53)64-60(54-37-51(61(5,6)7)38-55(59(54)66)62(8,9)10)65(57)52-34-46(40(3)4)30-48(35-52)43-20-15-12-16-21-43;/h11-32,34-40,66H,1-10H3;/q-1;/i39D,40D;. The molecule has 0 spiro atoms. The summed E-state index contributed by atoms with van der Waals surface area (Å²) in [5, 5.41) is 12.5. The Morgan fingerprint density at radius 2 is 1.16 bits per heavy atom. The van der Waals surface area contributed by atoms with Crippen molar-refractivity contribution in [1.29, 1.82) is 0 Å². The van der Waals surface area contributed by atoms with Crippen molar-refractivity contribution in [3.8, 4) is 78.6 Å². The van der Waals surface area contributed by atoms with Gasteiger partial charge in [-0.2, -0.15) is 0 Å². The molecule has 0 aliphatic rings. The summed E-state index contributed by atoms with van der Waals surface area (Å²) in [4.78, 5) is 10.6. The number of rotatable bonds is 9. The molecule has 2 heterocycles. The minimum Gasteiger partial charge on any atom is -0.507 e. The normalized spacial score (nSPS) is 12.7. The van der Waals surface area contributed by atoms with Crippen molar-refractivity contribution in [1.82, 2.24) is 14.5 Å². The SMILES string of the molecule is [2H]C(C)(C)c1ccc(-c2ccnc(-c3[c-]c(-c4cccc5c4nc(-c4cc(C(C)(C)C)cc(C(C)(C)C)c4O)n5-c4cc(-c5ccccc5)cc(C([2H])(C)C)c4)cc(-c4ccccc4)c3)c2)cc1.[Pt]. The van der Waals surface area contributed by atoms with Gasteiger partial charge in [0, 0.05) is 46.9 Å². The number of hydrogen-bond donors (Lipinski definition) is 1. The van der Waals surface area contributed by atoms with Crippen LogP contribution in [-0.2, 0) is 31.9 Å². The predicted octanol–water partition coefficient (Wildman–Crippen LogP) is 16.8. The second-order valence-corrected chi connectivity index (χ2v) is 20.1. The fourth-order valence-corrected chi connectivity index (χ4v) is 8.80. The molecule has 9 aromatic rings. The molecule has 67 heavy (non-hydrogen) atoms. The number of aromatic nitrogens is 3. The van der Waals surface area contributed by atoms with Crippen molar-refractivity contribution in [2.45, 2.75) is 91.9 Å². The Morgan fingerprint density at radius 3 is 1.78 bits per heavy atom. The number of phenolic OH excluding ortho intramolecular Hbond substituents is 1. The minimum atomic E-state index is -0.911. The number of imidazole rings is 1. The third-order valence-corrected chi connectivity index (χ3v) is 12.7. The summed E-state index contributed by atoms with van der Waals surface area (Å²) >= 11 is 0. The molecule has 1 N–H and O–H groups in total. The van der Waals surface area contributed by atoms with E-state index in [2.05, 4.69) is 167 Å². The molecule has 0 fully saturated rings. The van der Waals surface area contributed by atoms with E-state index in [1.165, 1.54) is 0 Å². The molecule has 0 saturated heterocycles. The van der Waals surface area contributed by atoms with Crippen molar-refractivity contribution in [2.24, 2.45) is 0 Å². The molecule has 9 rings (SSSR count). The molecule has 2 aromatic heterocycles. The summed E-state index contributed by atoms with van der Waals surface area (Å²) in [6, 6.07) is 58.2. The largest absolute Gasteiger partial charge is 0.507 e. The molecule has 0 saturated carbocycles. The molecule has 7 aromatic carbocycles. The maximum Gasteiger partial charge on any atom is 0.148 e. The Labute approximate surface area is 414 Å². The summed E-state index contributed by atoms with van der Waals surface area (Å²) < 4.78 is 20.0. The van der Waals surface area contributed by atoms with E-state index in [0.717, 1.165) is 94.7 Å². The van der Waals surface area contributed by atoms with Gasteiger partial charge >= 0.3 is 0 Å². The van der Waals surface area contributed by atoms with E-state index >= 15 is 0 Å². The molecule has 0 radical (unpaired) electrons. The molecule has 4 nitrogen and oxygen atoms in total. The number of nitrogens with zero attached hydrogens (tertiary/aromatic N) is 3. The maximum atomic E-state index is 12.5. The number of aromatic hydroxyl groups is 1. The topological polar surface area (TPSA) is 50.9 Å². The van der Waals surface area contributed by atoms with Crippen molar-refractivity contribution in [3.05, 3.63) is 192 Å². The number of phenols is 1. The molecular formula is C62H60N3OPt-. The summed E-state index contributed by atoms with van der Waals surface area (Å²) in [7, 11) is 0. The van der Waals surface area contributed by atoms with E-state index in [1.54, 1.807) is 0 Å². The Balaban J connectivity index is 0.00000642. The number of hydrogen-bond acceptors (Lipinski definition) is 3. The van der Waals surface area contributed by atoms with Crippen LogP contribution >= 0.6 is 0 Å². The first-order chi connectivity index (χ1) is 32.1. The molecule has 0 amide bonds. The fraction of sp³-hybridized carbons (Fsp3) is 0.226. The van der Waals surface area contributed by atoms with Crippen molar-refractivity contribution < 1.29 is 28.9 Å². The maximum absolute atomic E-state index is 12.5. The Kier molecular flexibility index (Phi) is 12.4. The van der Waals surface area contributed by atoms with Crippen molar-refractivity contribution >= 4 is 11.0 Å². The van der Waals surface area contributed by atoms with Crippen LogP contribution in [0.1, 0.15) is 106 Å². The average molecular weight is 1060 g/mol. The molecule has 340 valence electrons. The first-order valence-electron chi connectivity index (χ1n) is 24.0. The zero-order valence-corrected chi connectivity index (χ0v) is 42.5. The predicted molar refractivity (Wildman–Crippen MR) is 278 cm³/mol. The smallest absolute Gasteiger partial charge is 0.148 e. The van der Waals surface area contributed by atoms with Gasteiger partial charge in [-0.25, -0.2) is 4.98 Å². The van der Waals surface area contributed by atoms with Gasteiger partial charge in [0.25, 0.3) is 0 Å². The van der Waals surface area contributed by atoms with E-state index in [4.69, 9.17) is 11.3 Å². The quantitative estimate of drug-likeness (QED) is 0.147. The van der Waals surface area contributed by atoms with Gasteiger partial charge in [0.15, 0.2) is 0 Å². The first-order valence-corrected chi connectivity index (χ1v) is 23.0. The zero-order chi connectivity index (χ0) is 48.3. The number of pyridine rings is 1. The number of para-hydroxylation sites is 1. The second kappa shape index (κ2) is 18.7.